The van der Waals surface area contributed by atoms with Crippen molar-refractivity contribution >= 4 is 64.1 Å². The maximum absolute atomic E-state index is 14.6. The molecule has 0 spiro atoms. The van der Waals surface area contributed by atoms with Crippen molar-refractivity contribution in [1.82, 2.24) is 10.4 Å². The van der Waals surface area contributed by atoms with Crippen molar-refractivity contribution in [2.24, 2.45) is 16.5 Å². The summed E-state index contributed by atoms with van der Waals surface area (Å²) in [7, 11) is 0. The molecule has 7 nitrogen and oxygen atoms in total. The van der Waals surface area contributed by atoms with Crippen LogP contribution in [0.3, 0.4) is 0 Å². The molecule has 41 heavy (non-hydrogen) atoms. The Morgan fingerprint density at radius 1 is 1.12 bits per heavy atom. The SMILES string of the molecule is CC1CC(Cl)=C(N(NC(=O)C(C)(C)CCl)C(=O)OC(C)(C)C)C=C1C1=NOC(c2cc(Cl)cc(Cl)c2)(C(F)(F)F)C1. The fraction of sp³-hybridized carbons (Fsp3) is 0.519. The number of alkyl halides is 4. The molecule has 1 aliphatic heterocycles. The number of nitrogens with one attached hydrogen (secondary N) is 1. The molecule has 1 aromatic rings. The summed E-state index contributed by atoms with van der Waals surface area (Å²) in [5.41, 5.74) is -2.40. The smallest absolute Gasteiger partial charge is 0.435 e. The highest BCUT2D eigenvalue weighted by atomic mass is 35.5. The van der Waals surface area contributed by atoms with Gasteiger partial charge >= 0.3 is 12.3 Å². The molecule has 1 heterocycles. The maximum atomic E-state index is 14.6. The highest BCUT2D eigenvalue weighted by molar-refractivity contribution is 6.34. The van der Waals surface area contributed by atoms with Crippen LogP contribution in [-0.4, -0.2) is 40.4 Å². The number of hydrogen-bond donors (Lipinski definition) is 1. The molecule has 2 atom stereocenters. The number of oxime groups is 1. The second-order valence-electron chi connectivity index (χ2n) is 11.6. The Balaban J connectivity index is 2.07. The van der Waals surface area contributed by atoms with E-state index in [2.05, 4.69) is 10.6 Å². The molecule has 0 aromatic heterocycles. The van der Waals surface area contributed by atoms with Crippen LogP contribution < -0.4 is 5.43 Å². The summed E-state index contributed by atoms with van der Waals surface area (Å²) in [6.45, 7) is 9.80. The lowest BCUT2D eigenvalue weighted by Crippen LogP contribution is -2.52. The third-order valence-corrected chi connectivity index (χ3v) is 7.87. The Morgan fingerprint density at radius 3 is 2.22 bits per heavy atom. The van der Waals surface area contributed by atoms with Crippen LogP contribution in [0, 0.1) is 11.3 Å². The summed E-state index contributed by atoms with van der Waals surface area (Å²) in [6.07, 6.45) is -5.04. The van der Waals surface area contributed by atoms with E-state index in [0.717, 1.165) is 17.1 Å². The number of allylic oxidation sites excluding steroid dienone is 3. The predicted octanol–water partition coefficient (Wildman–Crippen LogP) is 8.48. The molecule has 0 radical (unpaired) electrons. The minimum atomic E-state index is -4.90. The molecule has 1 aromatic carbocycles. The fourth-order valence-corrected chi connectivity index (χ4v) is 5.09. The van der Waals surface area contributed by atoms with Crippen molar-refractivity contribution in [2.75, 3.05) is 5.88 Å². The van der Waals surface area contributed by atoms with Crippen molar-refractivity contribution in [3.63, 3.8) is 0 Å². The van der Waals surface area contributed by atoms with Gasteiger partial charge in [0.05, 0.1) is 16.8 Å². The average Bonchev–Trinajstić information content (AvgIpc) is 3.28. The van der Waals surface area contributed by atoms with Gasteiger partial charge in [0.15, 0.2) is 0 Å². The Labute approximate surface area is 256 Å². The molecular formula is C27H30Cl4F3N3O4. The van der Waals surface area contributed by atoms with Crippen molar-refractivity contribution in [3.8, 4) is 0 Å². The molecule has 2 aliphatic rings. The van der Waals surface area contributed by atoms with Gasteiger partial charge in [-0.2, -0.15) is 18.2 Å². The molecule has 226 valence electrons. The maximum Gasteiger partial charge on any atom is 0.435 e. The summed E-state index contributed by atoms with van der Waals surface area (Å²) in [4.78, 5) is 31.4. The number of hydrogen-bond acceptors (Lipinski definition) is 5. The van der Waals surface area contributed by atoms with Gasteiger partial charge in [0.25, 0.3) is 5.60 Å². The van der Waals surface area contributed by atoms with Gasteiger partial charge in [-0.15, -0.1) is 11.6 Å². The molecular weight excluding hydrogens is 629 g/mol. The van der Waals surface area contributed by atoms with Crippen molar-refractivity contribution in [2.45, 2.75) is 71.8 Å². The number of nitrogens with zero attached hydrogens (tertiary/aromatic N) is 2. The van der Waals surface area contributed by atoms with Gasteiger partial charge in [-0.3, -0.25) is 10.2 Å². The first-order chi connectivity index (χ1) is 18.7. The summed E-state index contributed by atoms with van der Waals surface area (Å²) in [5.74, 6) is -1.09. The Morgan fingerprint density at radius 2 is 1.71 bits per heavy atom. The number of rotatable bonds is 5. The van der Waals surface area contributed by atoms with Gasteiger partial charge in [-0.05, 0) is 76.8 Å². The zero-order valence-corrected chi connectivity index (χ0v) is 26.2. The molecule has 0 saturated carbocycles. The minimum absolute atomic E-state index is 0.000888. The van der Waals surface area contributed by atoms with Gasteiger partial charge < -0.3 is 9.57 Å². The second-order valence-corrected chi connectivity index (χ2v) is 13.2. The van der Waals surface area contributed by atoms with Crippen LogP contribution in [0.15, 0.2) is 45.7 Å². The molecule has 1 N–H and O–H groups in total. The highest BCUT2D eigenvalue weighted by Gasteiger charge is 2.62. The number of benzene rings is 1. The van der Waals surface area contributed by atoms with E-state index in [1.165, 1.54) is 12.1 Å². The van der Waals surface area contributed by atoms with Crippen LogP contribution >= 0.6 is 46.4 Å². The topological polar surface area (TPSA) is 80.2 Å². The monoisotopic (exact) mass is 657 g/mol. The van der Waals surface area contributed by atoms with Gasteiger partial charge in [-0.25, -0.2) is 4.79 Å². The van der Waals surface area contributed by atoms with E-state index >= 15 is 0 Å². The Kier molecular flexibility index (Phi) is 9.65. The Hall–Kier alpha value is -2.14. The molecule has 0 saturated heterocycles. The molecule has 2 unspecified atom stereocenters. The fourth-order valence-electron chi connectivity index (χ4n) is 4.08. The Bertz CT molecular complexity index is 1300. The van der Waals surface area contributed by atoms with E-state index in [4.69, 9.17) is 56.0 Å². The summed E-state index contributed by atoms with van der Waals surface area (Å²) in [6, 6.07) is 3.56. The van der Waals surface area contributed by atoms with E-state index in [1.54, 1.807) is 41.5 Å². The van der Waals surface area contributed by atoms with Crippen LogP contribution in [0.1, 0.15) is 59.9 Å². The summed E-state index contributed by atoms with van der Waals surface area (Å²) in [5, 5.41) is 4.84. The first kappa shape index (κ1) is 33.4. The summed E-state index contributed by atoms with van der Waals surface area (Å²) < 4.78 is 49.2. The van der Waals surface area contributed by atoms with Crippen molar-refractivity contribution < 1.29 is 32.3 Å². The third kappa shape index (κ3) is 7.27. The molecule has 2 amide bonds. The predicted molar refractivity (Wildman–Crippen MR) is 153 cm³/mol. The number of ether oxygens (including phenoxy) is 1. The van der Waals surface area contributed by atoms with E-state index < -0.39 is 47.1 Å². The molecule has 1 aliphatic carbocycles. The van der Waals surface area contributed by atoms with Crippen LogP contribution in [0.2, 0.25) is 10.0 Å². The number of hydrazine groups is 1. The molecule has 0 fully saturated rings. The molecule has 3 rings (SSSR count). The lowest BCUT2D eigenvalue weighted by Gasteiger charge is -2.34. The van der Waals surface area contributed by atoms with E-state index in [1.807, 2.05) is 0 Å². The lowest BCUT2D eigenvalue weighted by molar-refractivity contribution is -0.275. The van der Waals surface area contributed by atoms with E-state index in [-0.39, 0.29) is 44.4 Å². The zero-order chi connectivity index (χ0) is 31.1. The van der Waals surface area contributed by atoms with Gasteiger partial charge in [0.2, 0.25) is 5.91 Å². The first-order valence-corrected chi connectivity index (χ1v) is 14.2. The molecule has 14 heteroatoms. The standard InChI is InChI=1S/C27H30Cl4F3N3O4/c1-14-7-19(31)21(37(23(39)40-24(2,3)4)35-22(38)25(5,6)13-28)11-18(14)20-12-26(41-36-20,27(32,33)34)15-8-16(29)10-17(30)9-15/h8-11,14H,7,12-13H2,1-6H3,(H,35,38). The third-order valence-electron chi connectivity index (χ3n) is 6.41. The summed E-state index contributed by atoms with van der Waals surface area (Å²) >= 11 is 24.5. The van der Waals surface area contributed by atoms with E-state index in [9.17, 15) is 22.8 Å². The van der Waals surface area contributed by atoms with Crippen LogP contribution in [-0.2, 0) is 20.0 Å². The first-order valence-electron chi connectivity index (χ1n) is 12.5. The van der Waals surface area contributed by atoms with Crippen molar-refractivity contribution in [3.05, 3.63) is 56.2 Å². The number of halogens is 7. The number of amides is 2. The normalized spacial score (nSPS) is 21.6. The van der Waals surface area contributed by atoms with Gasteiger partial charge in [0, 0.05) is 32.9 Å². The second kappa shape index (κ2) is 11.9. The number of carbonyl (C=O) groups is 2. The minimum Gasteiger partial charge on any atom is -0.442 e. The highest BCUT2D eigenvalue weighted by Crippen LogP contribution is 2.51. The largest absolute Gasteiger partial charge is 0.442 e. The van der Waals surface area contributed by atoms with Crippen molar-refractivity contribution in [1.29, 1.82) is 0 Å². The zero-order valence-electron chi connectivity index (χ0n) is 23.2. The van der Waals surface area contributed by atoms with Gasteiger partial charge in [0.1, 0.15) is 5.60 Å². The van der Waals surface area contributed by atoms with Crippen LogP contribution in [0.4, 0.5) is 18.0 Å². The van der Waals surface area contributed by atoms with Gasteiger partial charge in [-0.1, -0.05) is 46.9 Å². The van der Waals surface area contributed by atoms with Crippen LogP contribution in [0.5, 0.6) is 0 Å². The molecule has 0 bridgehead atoms. The van der Waals surface area contributed by atoms with E-state index in [0.29, 0.717) is 5.57 Å². The van der Waals surface area contributed by atoms with Crippen LogP contribution in [0.25, 0.3) is 0 Å². The lowest BCUT2D eigenvalue weighted by atomic mass is 9.81. The number of carbonyl (C=O) groups excluding carboxylic acids is 2. The average molecular weight is 659 g/mol. The quantitative estimate of drug-likeness (QED) is 0.254.